The van der Waals surface area contributed by atoms with Crippen LogP contribution in [-0.4, -0.2) is 28.6 Å². The van der Waals surface area contributed by atoms with Gasteiger partial charge in [0.1, 0.15) is 16.0 Å². The van der Waals surface area contributed by atoms with Gasteiger partial charge < -0.3 is 15.2 Å². The Morgan fingerprint density at radius 3 is 2.96 bits per heavy atom. The van der Waals surface area contributed by atoms with Crippen LogP contribution in [0, 0.1) is 0 Å². The van der Waals surface area contributed by atoms with Gasteiger partial charge in [-0.15, -0.1) is 11.3 Å². The molecular weight excluding hydrogens is 324 g/mol. The van der Waals surface area contributed by atoms with Gasteiger partial charge in [-0.25, -0.2) is 4.98 Å². The van der Waals surface area contributed by atoms with E-state index in [-0.39, 0.29) is 18.1 Å². The maximum Gasteiger partial charge on any atom is 0.263 e. The van der Waals surface area contributed by atoms with E-state index in [2.05, 4.69) is 10.3 Å². The first-order valence-corrected chi connectivity index (χ1v) is 9.06. The Labute approximate surface area is 145 Å². The van der Waals surface area contributed by atoms with E-state index in [1.165, 1.54) is 11.3 Å². The minimum absolute atomic E-state index is 0.0360. The van der Waals surface area contributed by atoms with Crippen molar-refractivity contribution in [2.24, 2.45) is 0 Å². The summed E-state index contributed by atoms with van der Waals surface area (Å²) in [6, 6.07) is 9.34. The highest BCUT2D eigenvalue weighted by Gasteiger charge is 2.23. The number of hydrogen-bond acceptors (Lipinski definition) is 5. The highest BCUT2D eigenvalue weighted by molar-refractivity contribution is 7.13. The molecule has 24 heavy (non-hydrogen) atoms. The number of benzene rings is 1. The van der Waals surface area contributed by atoms with E-state index in [4.69, 9.17) is 4.74 Å². The predicted molar refractivity (Wildman–Crippen MR) is 93.0 cm³/mol. The van der Waals surface area contributed by atoms with E-state index in [0.717, 1.165) is 30.0 Å². The smallest absolute Gasteiger partial charge is 0.263 e. The number of hydrogen-bond donors (Lipinski definition) is 2. The van der Waals surface area contributed by atoms with E-state index >= 15 is 0 Å². The first-order valence-electron chi connectivity index (χ1n) is 8.24. The summed E-state index contributed by atoms with van der Waals surface area (Å²) in [5.74, 6) is -0.149. The number of thiazole rings is 1. The number of aromatic nitrogens is 1. The molecule has 128 valence electrons. The first-order chi connectivity index (χ1) is 11.6. The summed E-state index contributed by atoms with van der Waals surface area (Å²) in [6.45, 7) is 2.66. The van der Waals surface area contributed by atoms with E-state index in [1.54, 1.807) is 6.20 Å². The van der Waals surface area contributed by atoms with Crippen LogP contribution in [-0.2, 0) is 4.74 Å². The average Bonchev–Trinajstić information content (AvgIpc) is 3.26. The zero-order valence-corrected chi connectivity index (χ0v) is 14.5. The maximum atomic E-state index is 12.3. The van der Waals surface area contributed by atoms with Gasteiger partial charge in [0.15, 0.2) is 0 Å². The highest BCUT2D eigenvalue weighted by Crippen LogP contribution is 2.31. The number of ether oxygens (including phenoxy) is 1. The monoisotopic (exact) mass is 346 g/mol. The lowest BCUT2D eigenvalue weighted by Gasteiger charge is -2.17. The van der Waals surface area contributed by atoms with Crippen LogP contribution in [0.5, 0.6) is 0 Å². The maximum absolute atomic E-state index is 12.3. The van der Waals surface area contributed by atoms with Crippen molar-refractivity contribution in [3.8, 4) is 0 Å². The number of amides is 1. The molecule has 1 aromatic carbocycles. The summed E-state index contributed by atoms with van der Waals surface area (Å²) in [4.78, 5) is 17.2. The van der Waals surface area contributed by atoms with Gasteiger partial charge in [0, 0.05) is 12.6 Å². The Kier molecular flexibility index (Phi) is 5.60. The minimum atomic E-state index is -0.592. The summed E-state index contributed by atoms with van der Waals surface area (Å²) in [5, 5.41) is 14.0. The summed E-state index contributed by atoms with van der Waals surface area (Å²) >= 11 is 1.38. The van der Waals surface area contributed by atoms with E-state index in [1.807, 2.05) is 37.3 Å². The van der Waals surface area contributed by atoms with Gasteiger partial charge in [-0.05, 0) is 31.7 Å². The number of nitrogens with one attached hydrogen (secondary N) is 1. The second-order valence-corrected chi connectivity index (χ2v) is 7.16. The second kappa shape index (κ2) is 7.88. The number of rotatable bonds is 6. The standard InChI is InChI=1S/C18H22N2O3S/c1-12(10-14(21)13-6-3-2-4-7-13)20-17(22)16-11-19-18(24-16)15-8-5-9-23-15/h2-4,6-7,11-12,14-15,21H,5,8-10H2,1H3,(H,20,22). The van der Waals surface area contributed by atoms with Gasteiger partial charge in [-0.3, -0.25) is 4.79 Å². The lowest BCUT2D eigenvalue weighted by atomic mass is 10.0. The Bertz CT molecular complexity index is 668. The van der Waals surface area contributed by atoms with Crippen molar-refractivity contribution in [3.05, 3.63) is 52.0 Å². The van der Waals surface area contributed by atoms with E-state index < -0.39 is 6.10 Å². The number of carbonyl (C=O) groups excluding carboxylic acids is 1. The molecule has 1 saturated heterocycles. The van der Waals surface area contributed by atoms with Crippen molar-refractivity contribution in [1.29, 1.82) is 0 Å². The molecule has 1 amide bonds. The topological polar surface area (TPSA) is 71.5 Å². The van der Waals surface area contributed by atoms with Gasteiger partial charge in [0.05, 0.1) is 12.3 Å². The van der Waals surface area contributed by atoms with Crippen molar-refractivity contribution in [3.63, 3.8) is 0 Å². The zero-order valence-electron chi connectivity index (χ0n) is 13.6. The molecule has 5 nitrogen and oxygen atoms in total. The van der Waals surface area contributed by atoms with Gasteiger partial charge in [-0.2, -0.15) is 0 Å². The molecule has 1 aliphatic heterocycles. The number of aliphatic hydroxyl groups is 1. The molecule has 2 N–H and O–H groups in total. The Balaban J connectivity index is 1.54. The Morgan fingerprint density at radius 2 is 2.25 bits per heavy atom. The molecule has 0 radical (unpaired) electrons. The predicted octanol–water partition coefficient (Wildman–Crippen LogP) is 3.24. The molecule has 1 fully saturated rings. The fourth-order valence-corrected chi connectivity index (χ4v) is 3.72. The average molecular weight is 346 g/mol. The van der Waals surface area contributed by atoms with Crippen molar-refractivity contribution >= 4 is 17.2 Å². The molecule has 0 aliphatic carbocycles. The third-order valence-corrected chi connectivity index (χ3v) is 5.18. The third-order valence-electron chi connectivity index (χ3n) is 4.09. The molecule has 2 heterocycles. The third kappa shape index (κ3) is 4.20. The fourth-order valence-electron chi connectivity index (χ4n) is 2.81. The molecule has 1 aromatic heterocycles. The first kappa shape index (κ1) is 17.1. The Morgan fingerprint density at radius 1 is 1.46 bits per heavy atom. The lowest BCUT2D eigenvalue weighted by molar-refractivity contribution is 0.0921. The van der Waals surface area contributed by atoms with Crippen molar-refractivity contribution in [2.75, 3.05) is 6.61 Å². The molecule has 3 atom stereocenters. The van der Waals surface area contributed by atoms with Gasteiger partial charge in [0.25, 0.3) is 5.91 Å². The molecule has 3 rings (SSSR count). The van der Waals surface area contributed by atoms with Crippen LogP contribution >= 0.6 is 11.3 Å². The van der Waals surface area contributed by atoms with Crippen LogP contribution in [0.25, 0.3) is 0 Å². The molecule has 1 aliphatic rings. The van der Waals surface area contributed by atoms with Crippen LogP contribution in [0.1, 0.15) is 58.6 Å². The summed E-state index contributed by atoms with van der Waals surface area (Å²) in [7, 11) is 0. The van der Waals surface area contributed by atoms with Crippen LogP contribution in [0.15, 0.2) is 36.5 Å². The minimum Gasteiger partial charge on any atom is -0.388 e. The Hall–Kier alpha value is -1.76. The summed E-state index contributed by atoms with van der Waals surface area (Å²) < 4.78 is 5.60. The summed E-state index contributed by atoms with van der Waals surface area (Å²) in [5.41, 5.74) is 0.858. The largest absolute Gasteiger partial charge is 0.388 e. The van der Waals surface area contributed by atoms with E-state index in [9.17, 15) is 9.90 Å². The van der Waals surface area contributed by atoms with Gasteiger partial charge in [0.2, 0.25) is 0 Å². The highest BCUT2D eigenvalue weighted by atomic mass is 32.1. The van der Waals surface area contributed by atoms with Crippen molar-refractivity contribution < 1.29 is 14.6 Å². The van der Waals surface area contributed by atoms with Crippen LogP contribution in [0.4, 0.5) is 0 Å². The molecule has 0 bridgehead atoms. The molecular formula is C18H22N2O3S. The van der Waals surface area contributed by atoms with Gasteiger partial charge in [-0.1, -0.05) is 30.3 Å². The quantitative estimate of drug-likeness (QED) is 0.842. The second-order valence-electron chi connectivity index (χ2n) is 6.10. The molecule has 2 aromatic rings. The molecule has 6 heteroatoms. The molecule has 0 spiro atoms. The number of aliphatic hydroxyl groups excluding tert-OH is 1. The number of nitrogens with zero attached hydrogens (tertiary/aromatic N) is 1. The fraction of sp³-hybridized carbons (Fsp3) is 0.444. The SMILES string of the molecule is CC(CC(O)c1ccccc1)NC(=O)c1cnc(C2CCCO2)s1. The van der Waals surface area contributed by atoms with Crippen LogP contribution in [0.3, 0.4) is 0 Å². The number of carbonyl (C=O) groups is 1. The van der Waals surface area contributed by atoms with Crippen LogP contribution < -0.4 is 5.32 Å². The van der Waals surface area contributed by atoms with Crippen molar-refractivity contribution in [1.82, 2.24) is 10.3 Å². The molecule has 3 unspecified atom stereocenters. The molecule has 0 saturated carbocycles. The van der Waals surface area contributed by atoms with Crippen LogP contribution in [0.2, 0.25) is 0 Å². The summed E-state index contributed by atoms with van der Waals surface area (Å²) in [6.07, 6.45) is 3.53. The van der Waals surface area contributed by atoms with Crippen molar-refractivity contribution in [2.45, 2.75) is 44.4 Å². The van der Waals surface area contributed by atoms with Gasteiger partial charge >= 0.3 is 0 Å². The zero-order chi connectivity index (χ0) is 16.9. The van der Waals surface area contributed by atoms with E-state index in [0.29, 0.717) is 11.3 Å². The normalized spacial score (nSPS) is 19.8. The lowest BCUT2D eigenvalue weighted by Crippen LogP contribution is -2.33.